The maximum atomic E-state index is 13.5. The monoisotopic (exact) mass is 527 g/mol. The van der Waals surface area contributed by atoms with E-state index in [0.29, 0.717) is 16.9 Å². The number of non-ortho nitro benzene ring substituents is 1. The van der Waals surface area contributed by atoms with E-state index in [1.165, 1.54) is 30.3 Å². The highest BCUT2D eigenvalue weighted by Crippen LogP contribution is 2.34. The largest absolute Gasteiger partial charge is 0.457 e. The molecule has 0 saturated carbocycles. The molecule has 10 heteroatoms. The van der Waals surface area contributed by atoms with Crippen LogP contribution < -0.4 is 9.80 Å². The SMILES string of the molecule is Cc1ccc(N2C(=O)/C(=C/c3ccc(-c4ccc([N+](=O)[O-])cc4Cl)o3)C(=O)N(c3ccccc3)C2=O)cc1. The highest BCUT2D eigenvalue weighted by Gasteiger charge is 2.43. The number of furan rings is 1. The number of anilines is 2. The van der Waals surface area contributed by atoms with Crippen LogP contribution in [0.1, 0.15) is 11.3 Å². The van der Waals surface area contributed by atoms with E-state index in [0.717, 1.165) is 15.4 Å². The van der Waals surface area contributed by atoms with Crippen LogP contribution in [0.4, 0.5) is 21.9 Å². The first-order chi connectivity index (χ1) is 18.2. The number of barbiturate groups is 1. The van der Waals surface area contributed by atoms with Gasteiger partial charge in [-0.05, 0) is 55.5 Å². The molecule has 9 nitrogen and oxygen atoms in total. The average molecular weight is 528 g/mol. The van der Waals surface area contributed by atoms with Crippen molar-refractivity contribution >= 4 is 52.6 Å². The van der Waals surface area contributed by atoms with E-state index in [-0.39, 0.29) is 27.8 Å². The lowest BCUT2D eigenvalue weighted by Crippen LogP contribution is -2.57. The molecule has 3 aromatic carbocycles. The van der Waals surface area contributed by atoms with E-state index in [1.54, 1.807) is 60.7 Å². The predicted molar refractivity (Wildman–Crippen MR) is 142 cm³/mol. The molecule has 4 aromatic rings. The van der Waals surface area contributed by atoms with Crippen molar-refractivity contribution in [2.45, 2.75) is 6.92 Å². The molecule has 0 atom stereocenters. The van der Waals surface area contributed by atoms with Gasteiger partial charge < -0.3 is 4.42 Å². The molecule has 1 fully saturated rings. The van der Waals surface area contributed by atoms with Crippen LogP contribution >= 0.6 is 11.6 Å². The zero-order valence-corrected chi connectivity index (χ0v) is 20.6. The van der Waals surface area contributed by atoms with Crippen molar-refractivity contribution in [1.29, 1.82) is 0 Å². The van der Waals surface area contributed by atoms with Crippen molar-refractivity contribution in [2.75, 3.05) is 9.80 Å². The number of para-hydroxylation sites is 1. The zero-order valence-electron chi connectivity index (χ0n) is 19.8. The number of halogens is 1. The van der Waals surface area contributed by atoms with Crippen molar-refractivity contribution in [3.63, 3.8) is 0 Å². The van der Waals surface area contributed by atoms with Gasteiger partial charge in [-0.2, -0.15) is 0 Å². The third-order valence-electron chi connectivity index (χ3n) is 5.90. The topological polar surface area (TPSA) is 114 Å². The molecular weight excluding hydrogens is 510 g/mol. The molecule has 0 unspecified atom stereocenters. The minimum Gasteiger partial charge on any atom is -0.457 e. The molecule has 5 rings (SSSR count). The number of imide groups is 2. The van der Waals surface area contributed by atoms with Gasteiger partial charge in [0.25, 0.3) is 17.5 Å². The number of nitro benzene ring substituents is 1. The number of urea groups is 1. The molecule has 1 aliphatic heterocycles. The van der Waals surface area contributed by atoms with Crippen molar-refractivity contribution in [1.82, 2.24) is 0 Å². The lowest BCUT2D eigenvalue weighted by molar-refractivity contribution is -0.384. The van der Waals surface area contributed by atoms with Gasteiger partial charge in [0, 0.05) is 17.7 Å². The summed E-state index contributed by atoms with van der Waals surface area (Å²) in [5.41, 5.74) is 1.48. The van der Waals surface area contributed by atoms with Gasteiger partial charge in [0.05, 0.1) is 21.3 Å². The second-order valence-electron chi connectivity index (χ2n) is 8.42. The number of rotatable bonds is 5. The number of amides is 4. The molecule has 38 heavy (non-hydrogen) atoms. The highest BCUT2D eigenvalue weighted by molar-refractivity contribution is 6.46. The smallest absolute Gasteiger partial charge is 0.343 e. The average Bonchev–Trinajstić information content (AvgIpc) is 3.36. The van der Waals surface area contributed by atoms with Crippen LogP contribution in [0.2, 0.25) is 5.02 Å². The van der Waals surface area contributed by atoms with Gasteiger partial charge in [-0.3, -0.25) is 19.7 Å². The number of carbonyl (C=O) groups is 3. The summed E-state index contributed by atoms with van der Waals surface area (Å²) < 4.78 is 5.82. The van der Waals surface area contributed by atoms with Gasteiger partial charge in [-0.15, -0.1) is 0 Å². The molecular formula is C28H18ClN3O6. The van der Waals surface area contributed by atoms with E-state index < -0.39 is 22.8 Å². The van der Waals surface area contributed by atoms with Crippen LogP contribution in [0, 0.1) is 17.0 Å². The summed E-state index contributed by atoms with van der Waals surface area (Å²) in [6.45, 7) is 1.88. The Morgan fingerprint density at radius 3 is 2.08 bits per heavy atom. The molecule has 0 spiro atoms. The minimum absolute atomic E-state index is 0.101. The molecule has 1 aliphatic rings. The highest BCUT2D eigenvalue weighted by atomic mass is 35.5. The second kappa shape index (κ2) is 9.79. The first-order valence-electron chi connectivity index (χ1n) is 11.3. The molecule has 0 N–H and O–H groups in total. The first-order valence-corrected chi connectivity index (χ1v) is 11.7. The van der Waals surface area contributed by atoms with Crippen LogP contribution in [0.3, 0.4) is 0 Å². The van der Waals surface area contributed by atoms with Gasteiger partial charge in [0.15, 0.2) is 0 Å². The molecule has 4 amide bonds. The Hall–Kier alpha value is -5.02. The molecule has 2 heterocycles. The summed E-state index contributed by atoms with van der Waals surface area (Å²) in [6, 6.07) is 21.3. The van der Waals surface area contributed by atoms with Gasteiger partial charge in [0.1, 0.15) is 17.1 Å². The number of hydrogen-bond acceptors (Lipinski definition) is 6. The lowest BCUT2D eigenvalue weighted by atomic mass is 10.1. The fraction of sp³-hybridized carbons (Fsp3) is 0.0357. The van der Waals surface area contributed by atoms with E-state index in [9.17, 15) is 24.5 Å². The molecule has 0 radical (unpaired) electrons. The van der Waals surface area contributed by atoms with Crippen LogP contribution in [-0.4, -0.2) is 22.8 Å². The Balaban J connectivity index is 1.57. The Morgan fingerprint density at radius 2 is 1.47 bits per heavy atom. The van der Waals surface area contributed by atoms with Gasteiger partial charge in [0.2, 0.25) is 0 Å². The van der Waals surface area contributed by atoms with Gasteiger partial charge in [-0.25, -0.2) is 14.6 Å². The summed E-state index contributed by atoms with van der Waals surface area (Å²) >= 11 is 6.22. The van der Waals surface area contributed by atoms with Gasteiger partial charge in [-0.1, -0.05) is 47.5 Å². The summed E-state index contributed by atoms with van der Waals surface area (Å²) in [4.78, 5) is 52.7. The van der Waals surface area contributed by atoms with Crippen molar-refractivity contribution < 1.29 is 23.7 Å². The number of nitrogens with zero attached hydrogens (tertiary/aromatic N) is 3. The third kappa shape index (κ3) is 4.46. The molecule has 188 valence electrons. The maximum Gasteiger partial charge on any atom is 0.343 e. The number of carbonyl (C=O) groups excluding carboxylic acids is 3. The Morgan fingerprint density at radius 1 is 0.842 bits per heavy atom. The second-order valence-corrected chi connectivity index (χ2v) is 8.82. The minimum atomic E-state index is -0.805. The third-order valence-corrected chi connectivity index (χ3v) is 6.21. The number of aryl methyl sites for hydroxylation is 1. The van der Waals surface area contributed by atoms with Crippen LogP contribution in [0.5, 0.6) is 0 Å². The summed E-state index contributed by atoms with van der Waals surface area (Å²) in [5, 5.41) is 11.1. The fourth-order valence-corrected chi connectivity index (χ4v) is 4.26. The number of hydrogen-bond donors (Lipinski definition) is 0. The zero-order chi connectivity index (χ0) is 27.0. The Labute approximate surface area is 221 Å². The quantitative estimate of drug-likeness (QED) is 0.128. The summed E-state index contributed by atoms with van der Waals surface area (Å²) in [7, 11) is 0. The van der Waals surface area contributed by atoms with Crippen LogP contribution in [-0.2, 0) is 9.59 Å². The number of benzene rings is 3. The van der Waals surface area contributed by atoms with Crippen LogP contribution in [0.15, 0.2) is 94.9 Å². The Kier molecular flexibility index (Phi) is 6.36. The first kappa shape index (κ1) is 24.7. The number of nitro groups is 1. The van der Waals surface area contributed by atoms with Crippen molar-refractivity contribution in [3.8, 4) is 11.3 Å². The van der Waals surface area contributed by atoms with E-state index >= 15 is 0 Å². The summed E-state index contributed by atoms with van der Waals surface area (Å²) in [6.07, 6.45) is 1.26. The van der Waals surface area contributed by atoms with E-state index in [2.05, 4.69) is 0 Å². The lowest BCUT2D eigenvalue weighted by Gasteiger charge is -2.33. The molecule has 0 aliphatic carbocycles. The van der Waals surface area contributed by atoms with Crippen LogP contribution in [0.25, 0.3) is 17.4 Å². The van der Waals surface area contributed by atoms with Crippen molar-refractivity contribution in [3.05, 3.63) is 117 Å². The molecule has 1 aromatic heterocycles. The van der Waals surface area contributed by atoms with E-state index in [1.807, 2.05) is 6.92 Å². The maximum absolute atomic E-state index is 13.5. The Bertz CT molecular complexity index is 1630. The predicted octanol–water partition coefficient (Wildman–Crippen LogP) is 6.40. The fourth-order valence-electron chi connectivity index (χ4n) is 3.99. The van der Waals surface area contributed by atoms with E-state index in [4.69, 9.17) is 16.0 Å². The molecule has 1 saturated heterocycles. The van der Waals surface area contributed by atoms with Gasteiger partial charge >= 0.3 is 6.03 Å². The standard InChI is InChI=1S/C28H18ClN3O6/c1-17-7-9-19(10-8-17)31-27(34)23(26(33)30(28(31)35)18-5-3-2-4-6-18)16-21-12-14-25(38-21)22-13-11-20(32(36)37)15-24(22)29/h2-16H,1H3/b23-16+. The summed E-state index contributed by atoms with van der Waals surface area (Å²) in [5.74, 6) is -1.18. The molecule has 0 bridgehead atoms. The normalized spacial score (nSPS) is 14.9. The van der Waals surface area contributed by atoms with Crippen molar-refractivity contribution in [2.24, 2.45) is 0 Å².